The quantitative estimate of drug-likeness (QED) is 0.162. The number of carbonyl (C=O) groups excluding carboxylic acids is 1. The molecule has 0 saturated carbocycles. The second-order valence-electron chi connectivity index (χ2n) is 11.9. The van der Waals surface area contributed by atoms with Gasteiger partial charge < -0.3 is 9.30 Å². The van der Waals surface area contributed by atoms with Crippen LogP contribution in [0.4, 0.5) is 0 Å². The number of rotatable bonds is 7. The maximum absolute atomic E-state index is 14.5. The molecule has 49 heavy (non-hydrogen) atoms. The first-order valence-electron chi connectivity index (χ1n) is 16.1. The Morgan fingerprint density at radius 1 is 0.878 bits per heavy atom. The Morgan fingerprint density at radius 3 is 2.39 bits per heavy atom. The summed E-state index contributed by atoms with van der Waals surface area (Å²) in [6.45, 7) is 2.63. The number of fused-ring (bicyclic) bond motifs is 3. The molecular weight excluding hydrogens is 650 g/mol. The molecule has 1 atom stereocenters. The number of ether oxygens (including phenoxy) is 1. The number of nitrogens with zero attached hydrogens (tertiary/aromatic N) is 3. The largest absolute Gasteiger partial charge is 0.463 e. The number of halogens is 1. The molecule has 0 amide bonds. The maximum atomic E-state index is 14.5. The molecule has 6 nitrogen and oxygen atoms in total. The maximum Gasteiger partial charge on any atom is 0.338 e. The molecule has 8 heteroatoms. The van der Waals surface area contributed by atoms with Crippen molar-refractivity contribution in [2.75, 3.05) is 6.61 Å². The van der Waals surface area contributed by atoms with Gasteiger partial charge in [0.05, 0.1) is 28.5 Å². The highest BCUT2D eigenvalue weighted by atomic mass is 35.5. The summed E-state index contributed by atoms with van der Waals surface area (Å²) < 4.78 is 9.96. The lowest BCUT2D eigenvalue weighted by Crippen LogP contribution is -2.40. The van der Waals surface area contributed by atoms with Gasteiger partial charge in [-0.15, -0.1) is 0 Å². The van der Waals surface area contributed by atoms with E-state index >= 15 is 0 Å². The Hall–Kier alpha value is -5.50. The van der Waals surface area contributed by atoms with Gasteiger partial charge in [-0.3, -0.25) is 9.36 Å². The van der Waals surface area contributed by atoms with E-state index in [1.807, 2.05) is 60.7 Å². The second-order valence-corrected chi connectivity index (χ2v) is 13.3. The average molecular weight is 680 g/mol. The topological polar surface area (TPSA) is 65.6 Å². The first-order valence-corrected chi connectivity index (χ1v) is 17.3. The summed E-state index contributed by atoms with van der Waals surface area (Å²) in [4.78, 5) is 33.7. The third-order valence-electron chi connectivity index (χ3n) is 8.89. The second kappa shape index (κ2) is 12.8. The highest BCUT2D eigenvalue weighted by Gasteiger charge is 2.35. The van der Waals surface area contributed by atoms with Crippen LogP contribution in [-0.2, 0) is 16.1 Å². The molecule has 0 saturated heterocycles. The molecule has 0 radical (unpaired) electrons. The summed E-state index contributed by atoms with van der Waals surface area (Å²) in [5.41, 5.74) is 5.27. The Bertz CT molecular complexity index is 2590. The number of carbonyl (C=O) groups is 1. The minimum Gasteiger partial charge on any atom is -0.463 e. The van der Waals surface area contributed by atoms with Crippen molar-refractivity contribution >= 4 is 62.4 Å². The van der Waals surface area contributed by atoms with Gasteiger partial charge in [-0.2, -0.15) is 0 Å². The molecule has 0 fully saturated rings. The van der Waals surface area contributed by atoms with E-state index in [-0.39, 0.29) is 12.2 Å². The van der Waals surface area contributed by atoms with Crippen molar-refractivity contribution in [2.45, 2.75) is 19.5 Å². The molecular formula is C41H30ClN3O3S. The molecule has 0 spiro atoms. The first kappa shape index (κ1) is 30.8. The van der Waals surface area contributed by atoms with Crippen LogP contribution < -0.4 is 14.9 Å². The fourth-order valence-electron chi connectivity index (χ4n) is 6.68. The van der Waals surface area contributed by atoms with Crippen LogP contribution in [0.25, 0.3) is 33.4 Å². The number of thiazole rings is 1. The molecule has 1 aliphatic rings. The molecule has 8 rings (SSSR count). The molecule has 7 aromatic rings. The SMILES string of the molecule is CCOC(=O)C1=C(c2ccccc2)N=c2s/c(=C\c3cn(Cc4cccc5ccccc45)c4ccccc34)c(=O)n2[C@H]1c1ccc(Cl)cc1. The molecule has 240 valence electrons. The van der Waals surface area contributed by atoms with Crippen LogP contribution in [0.1, 0.15) is 35.2 Å². The van der Waals surface area contributed by atoms with Crippen molar-refractivity contribution in [3.8, 4) is 0 Å². The molecule has 5 aromatic carbocycles. The highest BCUT2D eigenvalue weighted by molar-refractivity contribution is 7.07. The molecule has 0 aliphatic carbocycles. The van der Waals surface area contributed by atoms with E-state index in [2.05, 4.69) is 65.4 Å². The first-order chi connectivity index (χ1) is 24.0. The fourth-order valence-corrected chi connectivity index (χ4v) is 7.79. The fraction of sp³-hybridized carbons (Fsp3) is 0.0976. The summed E-state index contributed by atoms with van der Waals surface area (Å²) in [7, 11) is 0. The number of aromatic nitrogens is 2. The average Bonchev–Trinajstić information content (AvgIpc) is 3.64. The van der Waals surface area contributed by atoms with Crippen molar-refractivity contribution in [3.05, 3.63) is 180 Å². The van der Waals surface area contributed by atoms with Crippen molar-refractivity contribution in [3.63, 3.8) is 0 Å². The minimum absolute atomic E-state index is 0.186. The lowest BCUT2D eigenvalue weighted by atomic mass is 9.93. The van der Waals surface area contributed by atoms with E-state index in [1.54, 1.807) is 23.6 Å². The van der Waals surface area contributed by atoms with Crippen molar-refractivity contribution in [1.82, 2.24) is 9.13 Å². The van der Waals surface area contributed by atoms with Gasteiger partial charge in [-0.1, -0.05) is 126 Å². The van der Waals surface area contributed by atoms with Crippen molar-refractivity contribution in [2.24, 2.45) is 4.99 Å². The van der Waals surface area contributed by atoms with Crippen LogP contribution in [0.5, 0.6) is 0 Å². The zero-order valence-electron chi connectivity index (χ0n) is 26.5. The van der Waals surface area contributed by atoms with Gasteiger partial charge in [-0.25, -0.2) is 9.79 Å². The summed E-state index contributed by atoms with van der Waals surface area (Å²) in [5, 5.41) is 4.01. The normalized spacial score (nSPS) is 14.7. The molecule has 0 bridgehead atoms. The lowest BCUT2D eigenvalue weighted by Gasteiger charge is -2.25. The number of para-hydroxylation sites is 1. The van der Waals surface area contributed by atoms with E-state index in [4.69, 9.17) is 21.3 Å². The smallest absolute Gasteiger partial charge is 0.338 e. The van der Waals surface area contributed by atoms with E-state index in [0.717, 1.165) is 27.6 Å². The number of hydrogen-bond acceptors (Lipinski definition) is 5. The van der Waals surface area contributed by atoms with Crippen LogP contribution in [0.15, 0.2) is 143 Å². The Kier molecular flexibility index (Phi) is 8.07. The Labute approximate surface area is 291 Å². The third-order valence-corrected chi connectivity index (χ3v) is 10.1. The lowest BCUT2D eigenvalue weighted by molar-refractivity contribution is -0.138. The number of benzene rings is 5. The monoisotopic (exact) mass is 679 g/mol. The summed E-state index contributed by atoms with van der Waals surface area (Å²) >= 11 is 7.60. The van der Waals surface area contributed by atoms with Gasteiger partial charge in [0.1, 0.15) is 0 Å². The molecule has 1 aliphatic heterocycles. The van der Waals surface area contributed by atoms with Gasteiger partial charge in [-0.05, 0) is 53.1 Å². The van der Waals surface area contributed by atoms with Gasteiger partial charge in [0, 0.05) is 39.8 Å². The number of esters is 1. The number of hydrogen-bond donors (Lipinski definition) is 0. The van der Waals surface area contributed by atoms with Crippen LogP contribution in [0, 0.1) is 0 Å². The Balaban J connectivity index is 1.32. The molecule has 0 N–H and O–H groups in total. The van der Waals surface area contributed by atoms with Gasteiger partial charge in [0.25, 0.3) is 5.56 Å². The van der Waals surface area contributed by atoms with Crippen LogP contribution in [0.3, 0.4) is 0 Å². The van der Waals surface area contributed by atoms with Crippen molar-refractivity contribution < 1.29 is 9.53 Å². The van der Waals surface area contributed by atoms with Crippen LogP contribution in [0.2, 0.25) is 5.02 Å². The van der Waals surface area contributed by atoms with Gasteiger partial charge in [0.15, 0.2) is 4.80 Å². The molecule has 0 unspecified atom stereocenters. The predicted octanol–water partition coefficient (Wildman–Crippen LogP) is 7.75. The van der Waals surface area contributed by atoms with E-state index in [1.165, 1.54) is 27.7 Å². The standard InChI is InChI=1S/C41H30ClN3O3S/c1-2-48-40(47)36-37(27-12-4-3-5-13-27)43-41-45(38(36)28-19-21-31(42)22-20-28)39(46)35(49-41)23-30-25-44(34-18-9-8-17-33(30)34)24-29-15-10-14-26-11-6-7-16-32(26)29/h3-23,25,38H,2,24H2,1H3/b35-23-/t38-/m0/s1. The van der Waals surface area contributed by atoms with E-state index in [0.29, 0.717) is 32.2 Å². The van der Waals surface area contributed by atoms with E-state index in [9.17, 15) is 9.59 Å². The van der Waals surface area contributed by atoms with E-state index < -0.39 is 12.0 Å². The van der Waals surface area contributed by atoms with Crippen LogP contribution in [-0.4, -0.2) is 21.7 Å². The molecule has 2 aromatic heterocycles. The zero-order chi connectivity index (χ0) is 33.5. The summed E-state index contributed by atoms with van der Waals surface area (Å²) in [5.74, 6) is -0.518. The zero-order valence-corrected chi connectivity index (χ0v) is 28.1. The highest BCUT2D eigenvalue weighted by Crippen LogP contribution is 2.35. The minimum atomic E-state index is -0.766. The van der Waals surface area contributed by atoms with Gasteiger partial charge >= 0.3 is 5.97 Å². The third kappa shape index (κ3) is 5.61. The Morgan fingerprint density at radius 2 is 1.59 bits per heavy atom. The van der Waals surface area contributed by atoms with Gasteiger partial charge in [0.2, 0.25) is 0 Å². The molecule has 3 heterocycles. The predicted molar refractivity (Wildman–Crippen MR) is 198 cm³/mol. The summed E-state index contributed by atoms with van der Waals surface area (Å²) in [6, 6.07) is 39.1. The summed E-state index contributed by atoms with van der Waals surface area (Å²) in [6.07, 6.45) is 4.06. The van der Waals surface area contributed by atoms with Crippen molar-refractivity contribution in [1.29, 1.82) is 0 Å². The van der Waals surface area contributed by atoms with Crippen LogP contribution >= 0.6 is 22.9 Å².